The monoisotopic (exact) mass is 331 g/mol. The number of nitrogens with zero attached hydrogens (tertiary/aromatic N) is 2. The number of fused-ring (bicyclic) bond motifs is 3. The van der Waals surface area contributed by atoms with Crippen LogP contribution in [0.15, 0.2) is 54.7 Å². The highest BCUT2D eigenvalue weighted by Crippen LogP contribution is 2.32. The quantitative estimate of drug-likeness (QED) is 0.585. The van der Waals surface area contributed by atoms with Crippen LogP contribution in [0.5, 0.6) is 5.75 Å². The highest BCUT2D eigenvalue weighted by atomic mass is 16.5. The van der Waals surface area contributed by atoms with Gasteiger partial charge in [-0.05, 0) is 49.9 Å². The van der Waals surface area contributed by atoms with E-state index in [4.69, 9.17) is 15.5 Å². The molecule has 0 spiro atoms. The maximum atomic E-state index is 6.42. The van der Waals surface area contributed by atoms with Crippen LogP contribution >= 0.6 is 0 Å². The van der Waals surface area contributed by atoms with Gasteiger partial charge in [0, 0.05) is 17.1 Å². The van der Waals surface area contributed by atoms with Gasteiger partial charge in [-0.3, -0.25) is 4.40 Å². The molecule has 0 radical (unpaired) electrons. The molecule has 25 heavy (non-hydrogen) atoms. The molecule has 4 aromatic rings. The standard InChI is InChI=1S/C21H21N3O/c1-13(2)25-16-9-8-15-10-11-24-20(22)19(23-21(24)18(15)12-16)17-7-5-4-6-14(17)3/h4-13H,22H2,1-3H3. The minimum absolute atomic E-state index is 0.129. The predicted molar refractivity (Wildman–Crippen MR) is 103 cm³/mol. The number of pyridine rings is 1. The summed E-state index contributed by atoms with van der Waals surface area (Å²) in [6.07, 6.45) is 2.11. The second-order valence-corrected chi connectivity index (χ2v) is 6.59. The van der Waals surface area contributed by atoms with Gasteiger partial charge in [0.15, 0.2) is 0 Å². The number of ether oxygens (including phenoxy) is 1. The molecule has 4 nitrogen and oxygen atoms in total. The summed E-state index contributed by atoms with van der Waals surface area (Å²) in [4.78, 5) is 4.87. The van der Waals surface area contributed by atoms with Gasteiger partial charge in [0.2, 0.25) is 0 Å². The molecule has 0 amide bonds. The van der Waals surface area contributed by atoms with Crippen molar-refractivity contribution >= 4 is 22.2 Å². The van der Waals surface area contributed by atoms with Crippen LogP contribution in [-0.2, 0) is 0 Å². The Balaban J connectivity index is 1.98. The maximum Gasteiger partial charge on any atom is 0.147 e. The molecule has 4 heteroatoms. The van der Waals surface area contributed by atoms with E-state index in [1.54, 1.807) is 0 Å². The largest absolute Gasteiger partial charge is 0.491 e. The molecule has 0 unspecified atom stereocenters. The van der Waals surface area contributed by atoms with Crippen LogP contribution in [0.25, 0.3) is 27.7 Å². The number of anilines is 1. The molecule has 0 saturated carbocycles. The molecular weight excluding hydrogens is 310 g/mol. The van der Waals surface area contributed by atoms with Crippen LogP contribution in [0.2, 0.25) is 0 Å². The van der Waals surface area contributed by atoms with E-state index in [0.29, 0.717) is 5.82 Å². The van der Waals surface area contributed by atoms with Crippen molar-refractivity contribution in [3.63, 3.8) is 0 Å². The molecule has 0 saturated heterocycles. The lowest BCUT2D eigenvalue weighted by Crippen LogP contribution is -2.05. The number of aromatic nitrogens is 2. The zero-order valence-electron chi connectivity index (χ0n) is 14.7. The predicted octanol–water partition coefficient (Wildman–Crippen LogP) is 4.83. The average molecular weight is 331 g/mol. The summed E-state index contributed by atoms with van der Waals surface area (Å²) in [6.45, 7) is 6.12. The van der Waals surface area contributed by atoms with Gasteiger partial charge in [-0.25, -0.2) is 4.98 Å². The van der Waals surface area contributed by atoms with Gasteiger partial charge in [-0.1, -0.05) is 30.3 Å². The highest BCUT2D eigenvalue weighted by Gasteiger charge is 2.15. The highest BCUT2D eigenvalue weighted by molar-refractivity contribution is 5.97. The van der Waals surface area contributed by atoms with Crippen molar-refractivity contribution in [2.45, 2.75) is 26.9 Å². The molecule has 0 atom stereocenters. The Labute approximate surface area is 146 Å². The van der Waals surface area contributed by atoms with Crippen LogP contribution in [0.1, 0.15) is 19.4 Å². The summed E-state index contributed by atoms with van der Waals surface area (Å²) in [6, 6.07) is 16.3. The molecule has 2 aromatic carbocycles. The maximum absolute atomic E-state index is 6.42. The third-order valence-corrected chi connectivity index (χ3v) is 4.39. The first kappa shape index (κ1) is 15.5. The summed E-state index contributed by atoms with van der Waals surface area (Å²) in [5.74, 6) is 1.50. The zero-order chi connectivity index (χ0) is 17.6. The Kier molecular flexibility index (Phi) is 3.61. The Morgan fingerprint density at radius 2 is 1.88 bits per heavy atom. The molecule has 4 rings (SSSR count). The fourth-order valence-corrected chi connectivity index (χ4v) is 3.20. The molecule has 2 N–H and O–H groups in total. The average Bonchev–Trinajstić information content (AvgIpc) is 2.92. The van der Waals surface area contributed by atoms with Crippen LogP contribution in [-0.4, -0.2) is 15.5 Å². The third-order valence-electron chi connectivity index (χ3n) is 4.39. The molecule has 126 valence electrons. The molecule has 0 aliphatic heterocycles. The van der Waals surface area contributed by atoms with Crippen molar-refractivity contribution in [2.24, 2.45) is 0 Å². The van der Waals surface area contributed by atoms with Gasteiger partial charge in [0.25, 0.3) is 0 Å². The number of nitrogens with two attached hydrogens (primary N) is 1. The van der Waals surface area contributed by atoms with E-state index in [9.17, 15) is 0 Å². The van der Waals surface area contributed by atoms with E-state index in [1.807, 2.05) is 48.7 Å². The second-order valence-electron chi connectivity index (χ2n) is 6.59. The van der Waals surface area contributed by atoms with Crippen LogP contribution in [0.3, 0.4) is 0 Å². The number of hydrogen-bond acceptors (Lipinski definition) is 3. The molecular formula is C21H21N3O. The van der Waals surface area contributed by atoms with Crippen molar-refractivity contribution in [2.75, 3.05) is 5.73 Å². The van der Waals surface area contributed by atoms with Gasteiger partial charge in [0.1, 0.15) is 22.9 Å². The second kappa shape index (κ2) is 5.81. The van der Waals surface area contributed by atoms with Crippen molar-refractivity contribution in [1.29, 1.82) is 0 Å². The summed E-state index contributed by atoms with van der Waals surface area (Å²) in [7, 11) is 0. The summed E-state index contributed by atoms with van der Waals surface area (Å²) < 4.78 is 7.79. The van der Waals surface area contributed by atoms with E-state index in [-0.39, 0.29) is 6.10 Å². The minimum Gasteiger partial charge on any atom is -0.491 e. The van der Waals surface area contributed by atoms with E-state index < -0.39 is 0 Å². The van der Waals surface area contributed by atoms with Gasteiger partial charge in [-0.15, -0.1) is 0 Å². The summed E-state index contributed by atoms with van der Waals surface area (Å²) >= 11 is 0. The molecule has 0 bridgehead atoms. The van der Waals surface area contributed by atoms with Crippen LogP contribution in [0, 0.1) is 6.92 Å². The summed E-state index contributed by atoms with van der Waals surface area (Å²) in [5, 5.41) is 2.15. The lowest BCUT2D eigenvalue weighted by atomic mass is 10.1. The van der Waals surface area contributed by atoms with Gasteiger partial charge < -0.3 is 10.5 Å². The Morgan fingerprint density at radius 1 is 1.08 bits per heavy atom. The van der Waals surface area contributed by atoms with Gasteiger partial charge >= 0.3 is 0 Å². The van der Waals surface area contributed by atoms with Crippen molar-refractivity contribution < 1.29 is 4.74 Å². The Morgan fingerprint density at radius 3 is 2.64 bits per heavy atom. The van der Waals surface area contributed by atoms with Gasteiger partial charge in [-0.2, -0.15) is 0 Å². The zero-order valence-corrected chi connectivity index (χ0v) is 14.7. The Bertz CT molecular complexity index is 1080. The molecule has 2 aromatic heterocycles. The number of aryl methyl sites for hydroxylation is 1. The number of nitrogen functional groups attached to an aromatic ring is 1. The number of benzene rings is 2. The number of imidazole rings is 1. The van der Waals surface area contributed by atoms with E-state index in [1.165, 1.54) is 0 Å². The fraction of sp³-hybridized carbons (Fsp3) is 0.190. The van der Waals surface area contributed by atoms with E-state index >= 15 is 0 Å². The number of rotatable bonds is 3. The first-order valence-electron chi connectivity index (χ1n) is 8.47. The molecule has 0 fully saturated rings. The van der Waals surface area contributed by atoms with Gasteiger partial charge in [0.05, 0.1) is 6.10 Å². The Hall–Kier alpha value is -3.01. The normalized spacial score (nSPS) is 11.5. The molecule has 2 heterocycles. The first-order chi connectivity index (χ1) is 12.0. The topological polar surface area (TPSA) is 52.5 Å². The van der Waals surface area contributed by atoms with Crippen molar-refractivity contribution in [1.82, 2.24) is 9.38 Å². The smallest absolute Gasteiger partial charge is 0.147 e. The summed E-state index contributed by atoms with van der Waals surface area (Å²) in [5.41, 5.74) is 10.3. The third kappa shape index (κ3) is 2.60. The number of hydrogen-bond donors (Lipinski definition) is 1. The SMILES string of the molecule is Cc1ccccc1-c1nc2c3cc(OC(C)C)ccc3ccn2c1N. The molecule has 0 aliphatic rings. The first-order valence-corrected chi connectivity index (χ1v) is 8.47. The van der Waals surface area contributed by atoms with Crippen LogP contribution in [0.4, 0.5) is 5.82 Å². The lowest BCUT2D eigenvalue weighted by molar-refractivity contribution is 0.243. The van der Waals surface area contributed by atoms with Crippen LogP contribution < -0.4 is 10.5 Å². The van der Waals surface area contributed by atoms with E-state index in [2.05, 4.69) is 31.2 Å². The minimum atomic E-state index is 0.129. The lowest BCUT2D eigenvalue weighted by Gasteiger charge is -2.10. The van der Waals surface area contributed by atoms with Crippen molar-refractivity contribution in [3.05, 3.63) is 60.3 Å². The van der Waals surface area contributed by atoms with Crippen molar-refractivity contribution in [3.8, 4) is 17.0 Å². The molecule has 0 aliphatic carbocycles. The fourth-order valence-electron chi connectivity index (χ4n) is 3.20. The van der Waals surface area contributed by atoms with E-state index in [0.717, 1.165) is 39.0 Å².